The van der Waals surface area contributed by atoms with E-state index in [1.165, 1.54) is 0 Å². The Morgan fingerprint density at radius 1 is 1.40 bits per heavy atom. The van der Waals surface area contributed by atoms with Crippen molar-refractivity contribution in [2.24, 2.45) is 11.7 Å². The Kier molecular flexibility index (Phi) is 5.07. The van der Waals surface area contributed by atoms with Crippen molar-refractivity contribution in [1.29, 1.82) is 0 Å². The van der Waals surface area contributed by atoms with Gasteiger partial charge in [-0.3, -0.25) is 4.79 Å². The summed E-state index contributed by atoms with van der Waals surface area (Å²) < 4.78 is 35.9. The van der Waals surface area contributed by atoms with E-state index in [1.54, 1.807) is 0 Å². The van der Waals surface area contributed by atoms with Crippen LogP contribution in [0, 0.1) is 5.92 Å². The highest BCUT2D eigenvalue weighted by Gasteiger charge is 2.32. The van der Waals surface area contributed by atoms with E-state index >= 15 is 0 Å². The van der Waals surface area contributed by atoms with Crippen molar-refractivity contribution in [3.05, 3.63) is 0 Å². The van der Waals surface area contributed by atoms with Gasteiger partial charge >= 0.3 is 6.18 Å². The summed E-state index contributed by atoms with van der Waals surface area (Å²) in [6.45, 7) is 2.46. The summed E-state index contributed by atoms with van der Waals surface area (Å²) in [7, 11) is 1.11. The fourth-order valence-corrected chi connectivity index (χ4v) is 1.24. The molecular formula is C9H17F3N2O. The molecule has 0 aromatic rings. The van der Waals surface area contributed by atoms with Crippen LogP contribution in [0.3, 0.4) is 0 Å². The molecule has 0 aliphatic heterocycles. The second kappa shape index (κ2) is 5.34. The molecule has 0 fully saturated rings. The van der Waals surface area contributed by atoms with Crippen LogP contribution in [0.2, 0.25) is 0 Å². The molecule has 0 rings (SSSR count). The first-order valence-electron chi connectivity index (χ1n) is 4.70. The standard InChI is InChI=1S/C9H17F3N2O/c1-6(2)4-7(13)8(15)14(3)5-9(10,11)12/h6-7H,4-5,13H2,1-3H3/t7-/m1/s1. The maximum absolute atomic E-state index is 12.0. The van der Waals surface area contributed by atoms with Crippen LogP contribution in [0.4, 0.5) is 13.2 Å². The SMILES string of the molecule is CC(C)C[C@@H](N)C(=O)N(C)CC(F)(F)F. The third-order valence-corrected chi connectivity index (χ3v) is 1.84. The third-order valence-electron chi connectivity index (χ3n) is 1.84. The number of amides is 1. The quantitative estimate of drug-likeness (QED) is 0.787. The highest BCUT2D eigenvalue weighted by atomic mass is 19.4. The number of carbonyl (C=O) groups is 1. The molecule has 1 amide bonds. The monoisotopic (exact) mass is 226 g/mol. The summed E-state index contributed by atoms with van der Waals surface area (Å²) in [6.07, 6.45) is -3.98. The molecule has 3 nitrogen and oxygen atoms in total. The van der Waals surface area contributed by atoms with E-state index in [9.17, 15) is 18.0 Å². The van der Waals surface area contributed by atoms with Gasteiger partial charge in [-0.1, -0.05) is 13.8 Å². The van der Waals surface area contributed by atoms with Gasteiger partial charge in [0.25, 0.3) is 0 Å². The Morgan fingerprint density at radius 2 is 1.87 bits per heavy atom. The van der Waals surface area contributed by atoms with Crippen molar-refractivity contribution >= 4 is 5.91 Å². The van der Waals surface area contributed by atoms with E-state index in [4.69, 9.17) is 5.73 Å². The summed E-state index contributed by atoms with van der Waals surface area (Å²) in [5.41, 5.74) is 5.48. The number of rotatable bonds is 4. The molecule has 0 saturated carbocycles. The maximum Gasteiger partial charge on any atom is 0.406 e. The molecule has 0 aromatic carbocycles. The fourth-order valence-electron chi connectivity index (χ4n) is 1.24. The molecule has 0 bridgehead atoms. The van der Waals surface area contributed by atoms with E-state index in [0.717, 1.165) is 7.05 Å². The van der Waals surface area contributed by atoms with E-state index in [2.05, 4.69) is 0 Å². The molecule has 0 unspecified atom stereocenters. The van der Waals surface area contributed by atoms with E-state index in [-0.39, 0.29) is 5.92 Å². The third kappa shape index (κ3) is 6.33. The molecule has 1 atom stereocenters. The Balaban J connectivity index is 4.20. The van der Waals surface area contributed by atoms with E-state index < -0.39 is 24.7 Å². The summed E-state index contributed by atoms with van der Waals surface area (Å²) in [5, 5.41) is 0. The maximum atomic E-state index is 12.0. The van der Waals surface area contributed by atoms with Crippen LogP contribution >= 0.6 is 0 Å². The van der Waals surface area contributed by atoms with E-state index in [1.807, 2.05) is 13.8 Å². The number of nitrogens with two attached hydrogens (primary N) is 1. The lowest BCUT2D eigenvalue weighted by atomic mass is 10.0. The molecule has 0 radical (unpaired) electrons. The molecule has 2 N–H and O–H groups in total. The fraction of sp³-hybridized carbons (Fsp3) is 0.889. The topological polar surface area (TPSA) is 46.3 Å². The lowest BCUT2D eigenvalue weighted by Gasteiger charge is -2.23. The van der Waals surface area contributed by atoms with Gasteiger partial charge in [0.1, 0.15) is 6.54 Å². The molecular weight excluding hydrogens is 209 g/mol. The first-order chi connectivity index (χ1) is 6.63. The number of alkyl halides is 3. The van der Waals surface area contributed by atoms with Crippen molar-refractivity contribution in [1.82, 2.24) is 4.90 Å². The number of halogens is 3. The number of likely N-dealkylation sites (N-methyl/N-ethyl adjacent to an activating group) is 1. The van der Waals surface area contributed by atoms with Gasteiger partial charge in [0, 0.05) is 7.05 Å². The average Bonchev–Trinajstić information content (AvgIpc) is 1.98. The molecule has 15 heavy (non-hydrogen) atoms. The van der Waals surface area contributed by atoms with Gasteiger partial charge in [-0.2, -0.15) is 13.2 Å². The van der Waals surface area contributed by atoms with Crippen LogP contribution in [0.5, 0.6) is 0 Å². The Bertz CT molecular complexity index is 216. The van der Waals surface area contributed by atoms with Crippen LogP contribution in [0.1, 0.15) is 20.3 Å². The van der Waals surface area contributed by atoms with Crippen LogP contribution < -0.4 is 5.73 Å². The minimum atomic E-state index is -4.37. The van der Waals surface area contributed by atoms with Gasteiger partial charge < -0.3 is 10.6 Å². The first-order valence-corrected chi connectivity index (χ1v) is 4.70. The Labute approximate surface area is 87.4 Å². The Morgan fingerprint density at radius 3 is 2.20 bits per heavy atom. The Hall–Kier alpha value is -0.780. The smallest absolute Gasteiger partial charge is 0.335 e. The number of hydrogen-bond donors (Lipinski definition) is 1. The minimum Gasteiger partial charge on any atom is -0.335 e. The van der Waals surface area contributed by atoms with Gasteiger partial charge in [-0.25, -0.2) is 0 Å². The lowest BCUT2D eigenvalue weighted by Crippen LogP contribution is -2.45. The minimum absolute atomic E-state index is 0.184. The van der Waals surface area contributed by atoms with Gasteiger partial charge in [0.05, 0.1) is 6.04 Å². The summed E-state index contributed by atoms with van der Waals surface area (Å²) in [6, 6.07) is -0.850. The van der Waals surface area contributed by atoms with Gasteiger partial charge in [-0.05, 0) is 12.3 Å². The molecule has 0 aromatic heterocycles. The number of carbonyl (C=O) groups excluding carboxylic acids is 1. The summed E-state index contributed by atoms with van der Waals surface area (Å²) in [5.74, 6) is -0.482. The van der Waals surface area contributed by atoms with Crippen LogP contribution in [0.25, 0.3) is 0 Å². The van der Waals surface area contributed by atoms with Crippen LogP contribution in [0.15, 0.2) is 0 Å². The predicted molar refractivity (Wildman–Crippen MR) is 51.1 cm³/mol. The van der Waals surface area contributed by atoms with E-state index in [0.29, 0.717) is 11.3 Å². The van der Waals surface area contributed by atoms with Crippen molar-refractivity contribution < 1.29 is 18.0 Å². The first kappa shape index (κ1) is 14.2. The van der Waals surface area contributed by atoms with Crippen LogP contribution in [-0.4, -0.2) is 36.6 Å². The molecule has 0 heterocycles. The summed E-state index contributed by atoms with van der Waals surface area (Å²) in [4.78, 5) is 12.0. The van der Waals surface area contributed by atoms with Crippen molar-refractivity contribution in [3.63, 3.8) is 0 Å². The van der Waals surface area contributed by atoms with Crippen molar-refractivity contribution in [2.45, 2.75) is 32.5 Å². The zero-order chi connectivity index (χ0) is 12.2. The molecule has 6 heteroatoms. The molecule has 0 spiro atoms. The second-order valence-electron chi connectivity index (χ2n) is 4.05. The van der Waals surface area contributed by atoms with Gasteiger partial charge in [0.15, 0.2) is 0 Å². The number of nitrogens with zero attached hydrogens (tertiary/aromatic N) is 1. The van der Waals surface area contributed by atoms with Crippen molar-refractivity contribution in [3.8, 4) is 0 Å². The number of hydrogen-bond acceptors (Lipinski definition) is 2. The van der Waals surface area contributed by atoms with Gasteiger partial charge in [0.2, 0.25) is 5.91 Å². The summed E-state index contributed by atoms with van der Waals surface area (Å²) >= 11 is 0. The normalized spacial score (nSPS) is 14.1. The largest absolute Gasteiger partial charge is 0.406 e. The average molecular weight is 226 g/mol. The molecule has 0 saturated heterocycles. The second-order valence-corrected chi connectivity index (χ2v) is 4.05. The zero-order valence-electron chi connectivity index (χ0n) is 9.14. The highest BCUT2D eigenvalue weighted by Crippen LogP contribution is 2.16. The zero-order valence-corrected chi connectivity index (χ0v) is 9.14. The highest BCUT2D eigenvalue weighted by molar-refractivity contribution is 5.81. The lowest BCUT2D eigenvalue weighted by molar-refractivity contribution is -0.159. The molecule has 0 aliphatic rings. The molecule has 90 valence electrons. The van der Waals surface area contributed by atoms with Crippen LogP contribution in [-0.2, 0) is 4.79 Å². The van der Waals surface area contributed by atoms with Gasteiger partial charge in [-0.15, -0.1) is 0 Å². The molecule has 0 aliphatic carbocycles. The predicted octanol–water partition coefficient (Wildman–Crippen LogP) is 1.38. The van der Waals surface area contributed by atoms with Crippen molar-refractivity contribution in [2.75, 3.05) is 13.6 Å².